The van der Waals surface area contributed by atoms with Gasteiger partial charge in [0.25, 0.3) is 0 Å². The number of oxazole rings is 1. The summed E-state index contributed by atoms with van der Waals surface area (Å²) >= 11 is 4.86. The van der Waals surface area contributed by atoms with Gasteiger partial charge in [-0.25, -0.2) is 14.8 Å². The van der Waals surface area contributed by atoms with Crippen LogP contribution < -0.4 is 10.6 Å². The highest BCUT2D eigenvalue weighted by molar-refractivity contribution is 9.10. The van der Waals surface area contributed by atoms with Crippen LogP contribution in [-0.2, 0) is 11.8 Å². The Labute approximate surface area is 158 Å². The van der Waals surface area contributed by atoms with E-state index in [0.717, 1.165) is 20.4 Å². The number of hydrogen-bond acceptors (Lipinski definition) is 5. The molecular formula is C17H19BrN4O2S. The molecule has 25 heavy (non-hydrogen) atoms. The molecule has 2 N–H and O–H groups in total. The van der Waals surface area contributed by atoms with Gasteiger partial charge in [0.2, 0.25) is 0 Å². The zero-order chi connectivity index (χ0) is 18.0. The summed E-state index contributed by atoms with van der Waals surface area (Å²) in [4.78, 5) is 20.6. The zero-order valence-corrected chi connectivity index (χ0v) is 16.6. The number of thiazole rings is 1. The highest BCUT2D eigenvalue weighted by Crippen LogP contribution is 2.28. The Morgan fingerprint density at radius 1 is 1.36 bits per heavy atom. The standard InChI is InChI=1S/C17H19BrN4O2S/c1-17(2,3)13-9-20-14(24-13)6-7-19-15(23)22-16-21-11-5-4-10(18)8-12(11)25-16/h4-5,8-9H,6-7H2,1-3H3,(H2,19,21,22,23). The quantitative estimate of drug-likeness (QED) is 0.637. The topological polar surface area (TPSA) is 80.0 Å². The molecule has 8 heteroatoms. The number of aromatic nitrogens is 2. The molecule has 0 fully saturated rings. The fourth-order valence-corrected chi connectivity index (χ4v) is 3.56. The molecule has 0 aliphatic rings. The van der Waals surface area contributed by atoms with Gasteiger partial charge in [0, 0.05) is 22.9 Å². The third-order valence-electron chi connectivity index (χ3n) is 3.49. The van der Waals surface area contributed by atoms with Gasteiger partial charge in [-0.05, 0) is 18.2 Å². The molecule has 0 aliphatic heterocycles. The monoisotopic (exact) mass is 422 g/mol. The zero-order valence-electron chi connectivity index (χ0n) is 14.2. The summed E-state index contributed by atoms with van der Waals surface area (Å²) in [6.07, 6.45) is 2.28. The van der Waals surface area contributed by atoms with E-state index in [9.17, 15) is 4.79 Å². The van der Waals surface area contributed by atoms with Crippen molar-refractivity contribution in [1.29, 1.82) is 0 Å². The van der Waals surface area contributed by atoms with Gasteiger partial charge in [-0.15, -0.1) is 0 Å². The number of nitrogens with zero attached hydrogens (tertiary/aromatic N) is 2. The van der Waals surface area contributed by atoms with Crippen molar-refractivity contribution in [3.63, 3.8) is 0 Å². The van der Waals surface area contributed by atoms with E-state index in [1.807, 2.05) is 18.2 Å². The first kappa shape index (κ1) is 17.9. The van der Waals surface area contributed by atoms with E-state index in [1.165, 1.54) is 11.3 Å². The number of anilines is 1. The lowest BCUT2D eigenvalue weighted by Gasteiger charge is -2.13. The van der Waals surface area contributed by atoms with Crippen LogP contribution in [0.2, 0.25) is 0 Å². The number of rotatable bonds is 4. The van der Waals surface area contributed by atoms with Crippen LogP contribution in [0.4, 0.5) is 9.93 Å². The molecule has 0 radical (unpaired) electrons. The molecule has 0 unspecified atom stereocenters. The van der Waals surface area contributed by atoms with Crippen molar-refractivity contribution in [3.05, 3.63) is 40.5 Å². The Morgan fingerprint density at radius 2 is 2.16 bits per heavy atom. The largest absolute Gasteiger partial charge is 0.445 e. The lowest BCUT2D eigenvalue weighted by Crippen LogP contribution is -2.30. The Kier molecular flexibility index (Phi) is 5.10. The second-order valence-electron chi connectivity index (χ2n) is 6.63. The summed E-state index contributed by atoms with van der Waals surface area (Å²) < 4.78 is 7.70. The molecule has 0 bridgehead atoms. The predicted molar refractivity (Wildman–Crippen MR) is 103 cm³/mol. The SMILES string of the molecule is CC(C)(C)c1cnc(CCNC(=O)Nc2nc3ccc(Br)cc3s2)o1. The van der Waals surface area contributed by atoms with Crippen molar-refractivity contribution in [2.75, 3.05) is 11.9 Å². The number of amides is 2. The van der Waals surface area contributed by atoms with Crippen LogP contribution >= 0.6 is 27.3 Å². The third kappa shape index (κ3) is 4.58. The summed E-state index contributed by atoms with van der Waals surface area (Å²) in [5, 5.41) is 6.11. The molecule has 0 spiro atoms. The van der Waals surface area contributed by atoms with E-state index in [-0.39, 0.29) is 11.4 Å². The molecule has 2 aromatic heterocycles. The van der Waals surface area contributed by atoms with Crippen LogP contribution in [0.3, 0.4) is 0 Å². The fraction of sp³-hybridized carbons (Fsp3) is 0.353. The number of benzene rings is 1. The normalized spacial score (nSPS) is 11.7. The maximum Gasteiger partial charge on any atom is 0.321 e. The van der Waals surface area contributed by atoms with Crippen molar-refractivity contribution < 1.29 is 9.21 Å². The predicted octanol–water partition coefficient (Wildman–Crippen LogP) is 4.71. The van der Waals surface area contributed by atoms with Crippen molar-refractivity contribution in [1.82, 2.24) is 15.3 Å². The molecule has 0 aliphatic carbocycles. The van der Waals surface area contributed by atoms with Crippen LogP contribution in [0.25, 0.3) is 10.2 Å². The summed E-state index contributed by atoms with van der Waals surface area (Å²) in [6.45, 7) is 6.64. The van der Waals surface area contributed by atoms with Gasteiger partial charge in [-0.3, -0.25) is 5.32 Å². The van der Waals surface area contributed by atoms with E-state index in [1.54, 1.807) is 6.20 Å². The highest BCUT2D eigenvalue weighted by atomic mass is 79.9. The van der Waals surface area contributed by atoms with Crippen LogP contribution in [0, 0.1) is 0 Å². The average molecular weight is 423 g/mol. The van der Waals surface area contributed by atoms with Crippen molar-refractivity contribution in [3.8, 4) is 0 Å². The molecule has 132 valence electrons. The van der Waals surface area contributed by atoms with Crippen molar-refractivity contribution in [2.24, 2.45) is 0 Å². The lowest BCUT2D eigenvalue weighted by atomic mass is 9.94. The van der Waals surface area contributed by atoms with Gasteiger partial charge in [-0.2, -0.15) is 0 Å². The Bertz CT molecular complexity index is 898. The first-order chi connectivity index (χ1) is 11.8. The van der Waals surface area contributed by atoms with Gasteiger partial charge in [0.1, 0.15) is 5.76 Å². The first-order valence-electron chi connectivity index (χ1n) is 7.87. The number of carbonyl (C=O) groups is 1. The molecule has 3 aromatic rings. The minimum atomic E-state index is -0.291. The average Bonchev–Trinajstić information content (AvgIpc) is 3.12. The molecular weight excluding hydrogens is 404 g/mol. The molecule has 0 saturated carbocycles. The number of halogens is 1. The highest BCUT2D eigenvalue weighted by Gasteiger charge is 2.19. The summed E-state index contributed by atoms with van der Waals surface area (Å²) in [6, 6.07) is 5.52. The van der Waals surface area contributed by atoms with E-state index in [2.05, 4.69) is 57.3 Å². The van der Waals surface area contributed by atoms with E-state index >= 15 is 0 Å². The summed E-state index contributed by atoms with van der Waals surface area (Å²) in [5.41, 5.74) is 0.788. The van der Waals surface area contributed by atoms with Crippen molar-refractivity contribution in [2.45, 2.75) is 32.6 Å². The minimum Gasteiger partial charge on any atom is -0.445 e. The molecule has 2 amide bonds. The van der Waals surface area contributed by atoms with Crippen LogP contribution in [-0.4, -0.2) is 22.5 Å². The second kappa shape index (κ2) is 7.13. The molecule has 6 nitrogen and oxygen atoms in total. The number of fused-ring (bicyclic) bond motifs is 1. The van der Waals surface area contributed by atoms with Gasteiger partial charge < -0.3 is 9.73 Å². The summed E-state index contributed by atoms with van der Waals surface area (Å²) in [7, 11) is 0. The van der Waals surface area contributed by atoms with E-state index < -0.39 is 0 Å². The van der Waals surface area contributed by atoms with Crippen molar-refractivity contribution >= 4 is 48.6 Å². The van der Waals surface area contributed by atoms with Crippen LogP contribution in [0.15, 0.2) is 33.3 Å². The second-order valence-corrected chi connectivity index (χ2v) is 8.58. The van der Waals surface area contributed by atoms with E-state index in [0.29, 0.717) is 24.0 Å². The lowest BCUT2D eigenvalue weighted by molar-refractivity contribution is 0.252. The minimum absolute atomic E-state index is 0.0715. The maximum absolute atomic E-state index is 12.0. The number of urea groups is 1. The Morgan fingerprint density at radius 3 is 2.88 bits per heavy atom. The molecule has 0 saturated heterocycles. The maximum atomic E-state index is 12.0. The van der Waals surface area contributed by atoms with E-state index in [4.69, 9.17) is 4.42 Å². The van der Waals surface area contributed by atoms with Crippen LogP contribution in [0.5, 0.6) is 0 Å². The summed E-state index contributed by atoms with van der Waals surface area (Å²) in [5.74, 6) is 1.46. The molecule has 3 rings (SSSR count). The number of nitrogens with one attached hydrogen (secondary N) is 2. The number of carbonyl (C=O) groups excluding carboxylic acids is 1. The molecule has 2 heterocycles. The Balaban J connectivity index is 1.51. The number of hydrogen-bond donors (Lipinski definition) is 2. The van der Waals surface area contributed by atoms with Gasteiger partial charge in [0.05, 0.1) is 16.4 Å². The van der Waals surface area contributed by atoms with Gasteiger partial charge >= 0.3 is 6.03 Å². The smallest absolute Gasteiger partial charge is 0.321 e. The third-order valence-corrected chi connectivity index (χ3v) is 4.91. The molecule has 0 atom stereocenters. The fourth-order valence-electron chi connectivity index (χ4n) is 2.15. The molecule has 1 aromatic carbocycles. The van der Waals surface area contributed by atoms with Gasteiger partial charge in [-0.1, -0.05) is 48.0 Å². The van der Waals surface area contributed by atoms with Crippen LogP contribution in [0.1, 0.15) is 32.4 Å². The van der Waals surface area contributed by atoms with Gasteiger partial charge in [0.15, 0.2) is 11.0 Å². The Hall–Kier alpha value is -1.93. The first-order valence-corrected chi connectivity index (χ1v) is 9.48.